The summed E-state index contributed by atoms with van der Waals surface area (Å²) in [6.07, 6.45) is -2.32. The number of carbonyl (C=O) groups excluding carboxylic acids is 3. The first-order chi connectivity index (χ1) is 27.1. The molecule has 3 aliphatic rings. The number of halogens is 1. The molecule has 2 aromatic rings. The number of fused-ring (bicyclic) bond motifs is 2. The second-order valence-electron chi connectivity index (χ2n) is 17.9. The Morgan fingerprint density at radius 1 is 1.05 bits per heavy atom. The quantitative estimate of drug-likeness (QED) is 0.179. The van der Waals surface area contributed by atoms with Crippen molar-refractivity contribution >= 4 is 28.4 Å². The Balaban J connectivity index is 1.54. The van der Waals surface area contributed by atoms with Crippen LogP contribution in [0.3, 0.4) is 0 Å². The number of rotatable bonds is 10. The summed E-state index contributed by atoms with van der Waals surface area (Å²) in [6, 6.07) is 9.65. The SMILES string of the molecule is C=C1CO[C@]2(C)[C@@H](CC)OC(=O)C(C)(F)C(=O)[C@H](C)[C@@H](O[C@@H]3O[C@H](C)C[C@H](N(C)C)[C@H]3O)[C@](C)(OCCN(C)Cc3cnc4ccccc4c3)CC(C)C(=O)C(C)[C@H]12. The number of nitrogens with zero attached hydrogens (tertiary/aromatic N) is 3. The van der Waals surface area contributed by atoms with Gasteiger partial charge < -0.3 is 33.7 Å². The molecule has 3 aliphatic heterocycles. The van der Waals surface area contributed by atoms with E-state index in [1.807, 2.05) is 77.3 Å². The lowest BCUT2D eigenvalue weighted by Crippen LogP contribution is -2.61. The van der Waals surface area contributed by atoms with Gasteiger partial charge in [-0.25, -0.2) is 9.18 Å². The molecule has 12 nitrogen and oxygen atoms in total. The van der Waals surface area contributed by atoms with Gasteiger partial charge in [-0.15, -0.1) is 0 Å². The van der Waals surface area contributed by atoms with Crippen LogP contribution in [0.15, 0.2) is 48.7 Å². The Hall–Kier alpha value is -3.17. The first-order valence-electron chi connectivity index (χ1n) is 20.8. The van der Waals surface area contributed by atoms with Crippen molar-refractivity contribution in [3.8, 4) is 0 Å². The van der Waals surface area contributed by atoms with Crippen molar-refractivity contribution in [1.82, 2.24) is 14.8 Å². The molecule has 1 aromatic heterocycles. The van der Waals surface area contributed by atoms with E-state index >= 15 is 4.39 Å². The molecule has 0 amide bonds. The Morgan fingerprint density at radius 3 is 2.41 bits per heavy atom. The van der Waals surface area contributed by atoms with Crippen LogP contribution in [0.1, 0.15) is 80.2 Å². The van der Waals surface area contributed by atoms with Gasteiger partial charge in [0.1, 0.15) is 23.6 Å². The van der Waals surface area contributed by atoms with Crippen LogP contribution >= 0.6 is 0 Å². The molecule has 0 radical (unpaired) electrons. The predicted molar refractivity (Wildman–Crippen MR) is 219 cm³/mol. The number of cyclic esters (lactones) is 1. The van der Waals surface area contributed by atoms with E-state index in [0.29, 0.717) is 25.1 Å². The fourth-order valence-electron chi connectivity index (χ4n) is 9.68. The number of ketones is 2. The van der Waals surface area contributed by atoms with E-state index in [2.05, 4.69) is 22.5 Å². The molecule has 3 unspecified atom stereocenters. The van der Waals surface area contributed by atoms with Crippen LogP contribution in [-0.2, 0) is 44.6 Å². The highest BCUT2D eigenvalue weighted by molar-refractivity contribution is 6.07. The summed E-state index contributed by atoms with van der Waals surface area (Å²) in [7, 11) is 5.65. The first-order valence-corrected chi connectivity index (χ1v) is 20.8. The molecule has 3 fully saturated rings. The normalized spacial score (nSPS) is 38.3. The zero-order valence-electron chi connectivity index (χ0n) is 36.3. The number of hydrogen-bond acceptors (Lipinski definition) is 12. The number of likely N-dealkylation sites (N-methyl/N-ethyl adjacent to an activating group) is 2. The van der Waals surface area contributed by atoms with Gasteiger partial charge in [0.15, 0.2) is 12.1 Å². The highest BCUT2D eigenvalue weighted by Crippen LogP contribution is 2.47. The minimum atomic E-state index is -3.10. The molecule has 5 rings (SSSR count). The number of pyridine rings is 1. The minimum absolute atomic E-state index is 0.0632. The van der Waals surface area contributed by atoms with E-state index in [0.717, 1.165) is 23.4 Å². The number of Topliss-reactive ketones (excluding diaryl/α,β-unsaturated/α-hetero) is 2. The van der Waals surface area contributed by atoms with Crippen molar-refractivity contribution in [1.29, 1.82) is 0 Å². The molecule has 1 aromatic carbocycles. The maximum atomic E-state index is 17.0. The zero-order valence-corrected chi connectivity index (χ0v) is 36.3. The number of ether oxygens (including phenoxy) is 5. The lowest BCUT2D eigenvalue weighted by molar-refractivity contribution is -0.298. The Labute approximate surface area is 343 Å². The van der Waals surface area contributed by atoms with E-state index < -0.39 is 76.9 Å². The lowest BCUT2D eigenvalue weighted by atomic mass is 9.69. The maximum Gasteiger partial charge on any atom is 0.351 e. The Morgan fingerprint density at radius 2 is 1.74 bits per heavy atom. The monoisotopic (exact) mass is 811 g/mol. The van der Waals surface area contributed by atoms with Crippen LogP contribution in [-0.4, -0.2) is 132 Å². The van der Waals surface area contributed by atoms with Gasteiger partial charge in [0.05, 0.1) is 36.5 Å². The van der Waals surface area contributed by atoms with Crippen LogP contribution in [0, 0.1) is 23.7 Å². The van der Waals surface area contributed by atoms with Crippen molar-refractivity contribution in [2.24, 2.45) is 23.7 Å². The summed E-state index contributed by atoms with van der Waals surface area (Å²) in [5.41, 5.74) is -3.17. The summed E-state index contributed by atoms with van der Waals surface area (Å²) in [5, 5.41) is 12.6. The Kier molecular flexibility index (Phi) is 14.4. The zero-order chi connectivity index (χ0) is 42.9. The summed E-state index contributed by atoms with van der Waals surface area (Å²) in [6.45, 7) is 18.7. The van der Waals surface area contributed by atoms with Gasteiger partial charge in [-0.1, -0.05) is 52.5 Å². The first kappa shape index (κ1) is 45.9. The van der Waals surface area contributed by atoms with Gasteiger partial charge in [-0.05, 0) is 91.4 Å². The van der Waals surface area contributed by atoms with Gasteiger partial charge >= 0.3 is 5.97 Å². The molecule has 0 aliphatic carbocycles. The number of para-hydroxylation sites is 1. The molecular weight excluding hydrogens is 746 g/mol. The van der Waals surface area contributed by atoms with Gasteiger partial charge in [-0.2, -0.15) is 0 Å². The van der Waals surface area contributed by atoms with Crippen LogP contribution in [0.25, 0.3) is 10.9 Å². The van der Waals surface area contributed by atoms with E-state index in [1.54, 1.807) is 20.8 Å². The van der Waals surface area contributed by atoms with E-state index in [4.69, 9.17) is 23.7 Å². The molecule has 3 saturated heterocycles. The topological polar surface area (TPSA) is 137 Å². The predicted octanol–water partition coefficient (Wildman–Crippen LogP) is 5.71. The summed E-state index contributed by atoms with van der Waals surface area (Å²) >= 11 is 0. The average Bonchev–Trinajstić information content (AvgIpc) is 3.48. The molecule has 13 heteroatoms. The van der Waals surface area contributed by atoms with Gasteiger partial charge in [0.2, 0.25) is 0 Å². The van der Waals surface area contributed by atoms with Crippen LogP contribution < -0.4 is 0 Å². The van der Waals surface area contributed by atoms with Crippen LogP contribution in [0.4, 0.5) is 4.39 Å². The number of esters is 1. The van der Waals surface area contributed by atoms with Crippen molar-refractivity contribution < 1.29 is 47.6 Å². The molecule has 0 spiro atoms. The number of aliphatic hydroxyl groups is 1. The van der Waals surface area contributed by atoms with Crippen molar-refractivity contribution in [2.75, 3.05) is 40.9 Å². The number of hydrogen-bond donors (Lipinski definition) is 1. The third-order valence-corrected chi connectivity index (χ3v) is 12.9. The smallest absolute Gasteiger partial charge is 0.351 e. The Bertz CT molecular complexity index is 1810. The van der Waals surface area contributed by atoms with Gasteiger partial charge in [-0.3, -0.25) is 19.5 Å². The molecule has 13 atom stereocenters. The van der Waals surface area contributed by atoms with E-state index in [-0.39, 0.29) is 44.0 Å². The lowest BCUT2D eigenvalue weighted by Gasteiger charge is -2.47. The minimum Gasteiger partial charge on any atom is -0.457 e. The van der Waals surface area contributed by atoms with Crippen LogP contribution in [0.2, 0.25) is 0 Å². The molecule has 58 heavy (non-hydrogen) atoms. The average molecular weight is 812 g/mol. The second-order valence-corrected chi connectivity index (χ2v) is 17.9. The van der Waals surface area contributed by atoms with E-state index in [9.17, 15) is 19.5 Å². The fourth-order valence-corrected chi connectivity index (χ4v) is 9.68. The molecule has 4 heterocycles. The maximum absolute atomic E-state index is 17.0. The largest absolute Gasteiger partial charge is 0.457 e. The number of benzene rings is 1. The van der Waals surface area contributed by atoms with Crippen molar-refractivity contribution in [3.63, 3.8) is 0 Å². The third-order valence-electron chi connectivity index (χ3n) is 12.9. The summed E-state index contributed by atoms with van der Waals surface area (Å²) in [4.78, 5) is 51.5. The van der Waals surface area contributed by atoms with E-state index in [1.165, 1.54) is 6.92 Å². The van der Waals surface area contributed by atoms with Gasteiger partial charge in [0, 0.05) is 54.4 Å². The van der Waals surface area contributed by atoms with Crippen LogP contribution in [0.5, 0.6) is 0 Å². The van der Waals surface area contributed by atoms with Crippen molar-refractivity contribution in [2.45, 2.75) is 135 Å². The number of carbonyl (C=O) groups is 3. The summed E-state index contributed by atoms with van der Waals surface area (Å²) in [5.74, 6) is -5.72. The molecule has 0 bridgehead atoms. The van der Waals surface area contributed by atoms with Gasteiger partial charge in [0.25, 0.3) is 5.67 Å². The highest BCUT2D eigenvalue weighted by atomic mass is 19.1. The molecule has 0 saturated carbocycles. The third kappa shape index (κ3) is 9.41. The second kappa shape index (κ2) is 18.2. The number of alkyl halides is 1. The number of aliphatic hydroxyl groups excluding tert-OH is 1. The number of aromatic nitrogens is 1. The highest BCUT2D eigenvalue weighted by Gasteiger charge is 2.58. The fraction of sp³-hybridized carbons (Fsp3) is 0.689. The standard InChI is InChI=1S/C45H66FN3O9/c1-13-35-45(9)36(27(3)25-55-45)29(5)37(50)26(2)22-43(7,54-19-18-49(12)24-31-21-32-16-14-15-17-33(32)47-23-31)40(30(6)39(52)44(8,46)42(53)57-35)58-41-38(51)34(48(10)11)20-28(4)56-41/h14-17,21,23,26,28-30,34-36,38,40-41,51H,3,13,18-20,22,24-25H2,1-2,4-12H3/t26?,28-,29?,30+,34+,35-,36+,38-,40-,41+,43-,44?,45-/m1/s1. The summed E-state index contributed by atoms with van der Waals surface area (Å²) < 4.78 is 48.8. The molecule has 1 N–H and O–H groups in total. The molecular formula is C45H66FN3O9. The van der Waals surface area contributed by atoms with Crippen molar-refractivity contribution in [3.05, 3.63) is 54.2 Å². The molecule has 322 valence electrons.